The number of hydrogen-bond donors (Lipinski definition) is 1. The van der Waals surface area contributed by atoms with E-state index in [9.17, 15) is 0 Å². The number of aliphatic imine (C=N–C) groups is 1. The molecule has 0 amide bonds. The monoisotopic (exact) mass is 112 g/mol. The van der Waals surface area contributed by atoms with Crippen LogP contribution < -0.4 is 5.73 Å². The van der Waals surface area contributed by atoms with E-state index < -0.39 is 0 Å². The molecule has 0 saturated carbocycles. The molecule has 2 nitrogen and oxygen atoms in total. The van der Waals surface area contributed by atoms with Gasteiger partial charge in [-0.2, -0.15) is 0 Å². The normalized spacial score (nSPS) is 9.88. The molecule has 0 aliphatic heterocycles. The quantitative estimate of drug-likeness (QED) is 0.504. The van der Waals surface area contributed by atoms with Gasteiger partial charge < -0.3 is 5.73 Å². The zero-order valence-electron chi connectivity index (χ0n) is 5.60. The van der Waals surface area contributed by atoms with Crippen molar-refractivity contribution in [3.63, 3.8) is 0 Å². The van der Waals surface area contributed by atoms with E-state index in [2.05, 4.69) is 4.99 Å². The van der Waals surface area contributed by atoms with Crippen molar-refractivity contribution in [3.8, 4) is 0 Å². The van der Waals surface area contributed by atoms with E-state index in [1.54, 1.807) is 13.3 Å². The molecule has 46 valence electrons. The Bertz CT molecular complexity index is 118. The maximum Gasteiger partial charge on any atom is 0.0481 e. The van der Waals surface area contributed by atoms with Crippen LogP contribution in [0.1, 0.15) is 13.8 Å². The Morgan fingerprint density at radius 3 is 2.12 bits per heavy atom. The van der Waals surface area contributed by atoms with E-state index in [1.165, 1.54) is 0 Å². The Morgan fingerprint density at radius 1 is 1.50 bits per heavy atom. The lowest BCUT2D eigenvalue weighted by Crippen LogP contribution is -1.99. The summed E-state index contributed by atoms with van der Waals surface area (Å²) in [5.41, 5.74) is 7.32. The van der Waals surface area contributed by atoms with E-state index in [0.717, 1.165) is 11.3 Å². The molecule has 0 saturated heterocycles. The van der Waals surface area contributed by atoms with Crippen molar-refractivity contribution in [2.75, 3.05) is 7.05 Å². The summed E-state index contributed by atoms with van der Waals surface area (Å²) in [5, 5.41) is 0. The molecule has 0 rings (SSSR count). The van der Waals surface area contributed by atoms with Crippen LogP contribution in [0.2, 0.25) is 0 Å². The van der Waals surface area contributed by atoms with Crippen LogP contribution in [-0.2, 0) is 0 Å². The SMILES string of the molecule is CN=CC(N)=C(C)C. The van der Waals surface area contributed by atoms with Gasteiger partial charge in [-0.25, -0.2) is 0 Å². The van der Waals surface area contributed by atoms with E-state index in [0.29, 0.717) is 0 Å². The van der Waals surface area contributed by atoms with Gasteiger partial charge in [0.25, 0.3) is 0 Å². The third kappa shape index (κ3) is 2.39. The molecular formula is C6H12N2. The molecule has 0 aromatic carbocycles. The van der Waals surface area contributed by atoms with Crippen molar-refractivity contribution >= 4 is 6.21 Å². The highest BCUT2D eigenvalue weighted by Crippen LogP contribution is 1.90. The highest BCUT2D eigenvalue weighted by molar-refractivity contribution is 5.77. The van der Waals surface area contributed by atoms with Crippen molar-refractivity contribution in [1.82, 2.24) is 0 Å². The molecule has 0 fully saturated rings. The number of hydrogen-bond acceptors (Lipinski definition) is 2. The topological polar surface area (TPSA) is 38.4 Å². The van der Waals surface area contributed by atoms with Gasteiger partial charge in [-0.05, 0) is 13.8 Å². The Balaban J connectivity index is 4.00. The van der Waals surface area contributed by atoms with Crippen molar-refractivity contribution in [2.24, 2.45) is 10.7 Å². The molecule has 0 heterocycles. The van der Waals surface area contributed by atoms with Crippen LogP contribution >= 0.6 is 0 Å². The first-order chi connectivity index (χ1) is 3.68. The average molecular weight is 112 g/mol. The van der Waals surface area contributed by atoms with Crippen LogP contribution in [0.4, 0.5) is 0 Å². The smallest absolute Gasteiger partial charge is 0.0481 e. The van der Waals surface area contributed by atoms with Gasteiger partial charge in [-0.15, -0.1) is 0 Å². The lowest BCUT2D eigenvalue weighted by molar-refractivity contribution is 1.28. The maximum atomic E-state index is 5.46. The van der Waals surface area contributed by atoms with Gasteiger partial charge in [-0.3, -0.25) is 4.99 Å². The third-order valence-corrected chi connectivity index (χ3v) is 0.846. The summed E-state index contributed by atoms with van der Waals surface area (Å²) >= 11 is 0. The lowest BCUT2D eigenvalue weighted by atomic mass is 10.3. The molecule has 0 aromatic rings. The van der Waals surface area contributed by atoms with Gasteiger partial charge in [0.15, 0.2) is 0 Å². The van der Waals surface area contributed by atoms with Crippen molar-refractivity contribution in [3.05, 3.63) is 11.3 Å². The molecule has 2 N–H and O–H groups in total. The lowest BCUT2D eigenvalue weighted by Gasteiger charge is -1.91. The zero-order valence-corrected chi connectivity index (χ0v) is 5.60. The highest BCUT2D eigenvalue weighted by atomic mass is 14.7. The minimum Gasteiger partial charge on any atom is -0.398 e. The Labute approximate surface area is 50.1 Å². The van der Waals surface area contributed by atoms with Crippen molar-refractivity contribution in [1.29, 1.82) is 0 Å². The van der Waals surface area contributed by atoms with Gasteiger partial charge in [-0.1, -0.05) is 5.57 Å². The van der Waals surface area contributed by atoms with Crippen LogP contribution in [0, 0.1) is 0 Å². The molecule has 2 heteroatoms. The van der Waals surface area contributed by atoms with E-state index in [-0.39, 0.29) is 0 Å². The molecule has 0 spiro atoms. The number of nitrogens with zero attached hydrogens (tertiary/aromatic N) is 1. The number of rotatable bonds is 1. The molecule has 0 atom stereocenters. The number of allylic oxidation sites excluding steroid dienone is 2. The first kappa shape index (κ1) is 7.21. The number of nitrogens with two attached hydrogens (primary N) is 1. The molecule has 8 heavy (non-hydrogen) atoms. The molecule has 0 aliphatic rings. The summed E-state index contributed by atoms with van der Waals surface area (Å²) in [6.07, 6.45) is 1.65. The fraction of sp³-hybridized carbons (Fsp3) is 0.500. The van der Waals surface area contributed by atoms with Gasteiger partial charge in [0.05, 0.1) is 0 Å². The predicted octanol–water partition coefficient (Wildman–Crippen LogP) is 0.940. The van der Waals surface area contributed by atoms with Crippen LogP contribution in [0.25, 0.3) is 0 Å². The second kappa shape index (κ2) is 3.24. The second-order valence-electron chi connectivity index (χ2n) is 1.84. The minimum absolute atomic E-state index is 0.757. The van der Waals surface area contributed by atoms with Crippen molar-refractivity contribution in [2.45, 2.75) is 13.8 Å². The summed E-state index contributed by atoms with van der Waals surface area (Å²) < 4.78 is 0. The van der Waals surface area contributed by atoms with E-state index in [1.807, 2.05) is 13.8 Å². The zero-order chi connectivity index (χ0) is 6.57. The van der Waals surface area contributed by atoms with E-state index >= 15 is 0 Å². The van der Waals surface area contributed by atoms with Gasteiger partial charge in [0, 0.05) is 19.0 Å². The fourth-order valence-electron chi connectivity index (χ4n) is 0.268. The summed E-state index contributed by atoms with van der Waals surface area (Å²) in [5.74, 6) is 0. The predicted molar refractivity (Wildman–Crippen MR) is 37.0 cm³/mol. The standard InChI is InChI=1S/C6H12N2/c1-5(2)6(7)4-8-3/h4H,7H2,1-3H3. The fourth-order valence-corrected chi connectivity index (χ4v) is 0.268. The highest BCUT2D eigenvalue weighted by Gasteiger charge is 1.82. The third-order valence-electron chi connectivity index (χ3n) is 0.846. The first-order valence-electron chi connectivity index (χ1n) is 2.53. The van der Waals surface area contributed by atoms with Crippen LogP contribution in [0.3, 0.4) is 0 Å². The Hall–Kier alpha value is -0.790. The molecule has 0 unspecified atom stereocenters. The Morgan fingerprint density at radius 2 is 2.00 bits per heavy atom. The Kier molecular flexibility index (Phi) is 2.92. The summed E-state index contributed by atoms with van der Waals surface area (Å²) in [4.78, 5) is 3.75. The summed E-state index contributed by atoms with van der Waals surface area (Å²) in [7, 11) is 1.70. The average Bonchev–Trinajstić information content (AvgIpc) is 1.67. The van der Waals surface area contributed by atoms with Gasteiger partial charge in [0.1, 0.15) is 0 Å². The largest absolute Gasteiger partial charge is 0.398 e. The second-order valence-corrected chi connectivity index (χ2v) is 1.84. The maximum absolute atomic E-state index is 5.46. The molecule has 0 aliphatic carbocycles. The first-order valence-corrected chi connectivity index (χ1v) is 2.53. The van der Waals surface area contributed by atoms with Crippen LogP contribution in [-0.4, -0.2) is 13.3 Å². The van der Waals surface area contributed by atoms with Gasteiger partial charge >= 0.3 is 0 Å². The minimum atomic E-state index is 0.757. The summed E-state index contributed by atoms with van der Waals surface area (Å²) in [6, 6.07) is 0. The van der Waals surface area contributed by atoms with Crippen molar-refractivity contribution < 1.29 is 0 Å². The molecule has 0 bridgehead atoms. The molecular weight excluding hydrogens is 100 g/mol. The van der Waals surface area contributed by atoms with Crippen LogP contribution in [0.5, 0.6) is 0 Å². The molecule has 0 radical (unpaired) electrons. The van der Waals surface area contributed by atoms with Gasteiger partial charge in [0.2, 0.25) is 0 Å². The molecule has 0 aromatic heterocycles. The summed E-state index contributed by atoms with van der Waals surface area (Å²) in [6.45, 7) is 3.91. The van der Waals surface area contributed by atoms with E-state index in [4.69, 9.17) is 5.73 Å². The van der Waals surface area contributed by atoms with Crippen LogP contribution in [0.15, 0.2) is 16.3 Å².